The molecule has 9 nitrogen and oxygen atoms in total. The Morgan fingerprint density at radius 2 is 2.10 bits per heavy atom. The average Bonchev–Trinajstić information content (AvgIpc) is 2.67. The summed E-state index contributed by atoms with van der Waals surface area (Å²) >= 11 is 0. The molecular weight excluding hydrogens is 298 g/mol. The van der Waals surface area contributed by atoms with Gasteiger partial charge in [0.1, 0.15) is 4.90 Å². The summed E-state index contributed by atoms with van der Waals surface area (Å²) in [5.74, 6) is 0. The summed E-state index contributed by atoms with van der Waals surface area (Å²) in [6.45, 7) is 1.63. The van der Waals surface area contributed by atoms with Gasteiger partial charge in [-0.2, -0.15) is 5.10 Å². The van der Waals surface area contributed by atoms with Gasteiger partial charge in [-0.25, -0.2) is 8.42 Å². The van der Waals surface area contributed by atoms with E-state index in [4.69, 9.17) is 5.73 Å². The van der Waals surface area contributed by atoms with Crippen LogP contribution in [0.1, 0.15) is 5.69 Å². The zero-order chi connectivity index (χ0) is 15.8. The first-order chi connectivity index (χ1) is 9.70. The van der Waals surface area contributed by atoms with Crippen molar-refractivity contribution >= 4 is 27.1 Å². The van der Waals surface area contributed by atoms with Gasteiger partial charge in [0.15, 0.2) is 0 Å². The van der Waals surface area contributed by atoms with Gasteiger partial charge in [0, 0.05) is 25.4 Å². The van der Waals surface area contributed by atoms with Crippen molar-refractivity contribution in [3.8, 4) is 0 Å². The monoisotopic (exact) mass is 311 g/mol. The van der Waals surface area contributed by atoms with E-state index in [1.54, 1.807) is 14.0 Å². The van der Waals surface area contributed by atoms with Gasteiger partial charge in [0.05, 0.1) is 22.0 Å². The number of aromatic nitrogens is 2. The van der Waals surface area contributed by atoms with Crippen LogP contribution in [-0.4, -0.2) is 23.1 Å². The second kappa shape index (κ2) is 5.05. The van der Waals surface area contributed by atoms with Gasteiger partial charge < -0.3 is 5.73 Å². The van der Waals surface area contributed by atoms with Crippen LogP contribution in [0.5, 0.6) is 0 Å². The number of nitro groups is 1. The Bertz CT molecular complexity index is 812. The van der Waals surface area contributed by atoms with E-state index >= 15 is 0 Å². The summed E-state index contributed by atoms with van der Waals surface area (Å²) in [5, 5.41) is 14.8. The van der Waals surface area contributed by atoms with Gasteiger partial charge in [-0.1, -0.05) is 0 Å². The highest BCUT2D eigenvalue weighted by Crippen LogP contribution is 2.26. The van der Waals surface area contributed by atoms with Crippen LogP contribution in [0.2, 0.25) is 0 Å². The van der Waals surface area contributed by atoms with E-state index in [0.29, 0.717) is 5.69 Å². The number of sulfonamides is 1. The lowest BCUT2D eigenvalue weighted by atomic mass is 10.3. The molecule has 0 aliphatic heterocycles. The molecule has 0 radical (unpaired) electrons. The number of nitrogens with zero attached hydrogens (tertiary/aromatic N) is 3. The fourth-order valence-corrected chi connectivity index (χ4v) is 3.02. The molecule has 0 saturated heterocycles. The topological polar surface area (TPSA) is 133 Å². The van der Waals surface area contributed by atoms with E-state index in [1.165, 1.54) is 16.9 Å². The van der Waals surface area contributed by atoms with Crippen LogP contribution in [0.4, 0.5) is 17.1 Å². The van der Waals surface area contributed by atoms with E-state index in [-0.39, 0.29) is 22.0 Å². The maximum atomic E-state index is 12.3. The molecule has 1 aromatic carbocycles. The van der Waals surface area contributed by atoms with Crippen LogP contribution in [-0.2, 0) is 17.1 Å². The van der Waals surface area contributed by atoms with Gasteiger partial charge in [-0.3, -0.25) is 19.5 Å². The number of nitrogen functional groups attached to an aromatic ring is 1. The zero-order valence-corrected chi connectivity index (χ0v) is 12.1. The van der Waals surface area contributed by atoms with Crippen molar-refractivity contribution in [2.75, 3.05) is 10.5 Å². The Labute approximate surface area is 120 Å². The van der Waals surface area contributed by atoms with Crippen LogP contribution in [0.15, 0.2) is 29.3 Å². The zero-order valence-electron chi connectivity index (χ0n) is 11.3. The Balaban J connectivity index is 2.46. The van der Waals surface area contributed by atoms with Crippen molar-refractivity contribution in [2.45, 2.75) is 11.8 Å². The average molecular weight is 311 g/mol. The van der Waals surface area contributed by atoms with Gasteiger partial charge in [-0.15, -0.1) is 0 Å². The molecule has 0 unspecified atom stereocenters. The lowest BCUT2D eigenvalue weighted by molar-refractivity contribution is -0.385. The molecule has 2 rings (SSSR count). The van der Waals surface area contributed by atoms with Crippen LogP contribution in [0.25, 0.3) is 0 Å². The van der Waals surface area contributed by atoms with Crippen LogP contribution in [0, 0.1) is 17.0 Å². The first-order valence-corrected chi connectivity index (χ1v) is 7.26. The molecule has 2 aromatic rings. The molecule has 0 spiro atoms. The number of nitrogens with one attached hydrogen (secondary N) is 1. The molecule has 1 heterocycles. The van der Waals surface area contributed by atoms with Crippen molar-refractivity contribution in [3.63, 3.8) is 0 Å². The number of non-ortho nitro benzene ring substituents is 1. The highest BCUT2D eigenvalue weighted by molar-refractivity contribution is 7.92. The fraction of sp³-hybridized carbons (Fsp3) is 0.182. The van der Waals surface area contributed by atoms with E-state index in [2.05, 4.69) is 9.82 Å². The Hall–Kier alpha value is -2.62. The quantitative estimate of drug-likeness (QED) is 0.492. The van der Waals surface area contributed by atoms with E-state index in [0.717, 1.165) is 12.1 Å². The summed E-state index contributed by atoms with van der Waals surface area (Å²) < 4.78 is 28.4. The Morgan fingerprint density at radius 3 is 2.62 bits per heavy atom. The van der Waals surface area contributed by atoms with Crippen molar-refractivity contribution in [1.29, 1.82) is 0 Å². The highest BCUT2D eigenvalue weighted by atomic mass is 32.2. The first-order valence-electron chi connectivity index (χ1n) is 5.77. The van der Waals surface area contributed by atoms with Gasteiger partial charge in [-0.05, 0) is 13.0 Å². The standard InChI is InChI=1S/C11H13N5O4S/c1-7-10(6-15(2)13-7)14-21(19,20)11-5-8(16(17)18)3-4-9(11)12/h3-6,14H,12H2,1-2H3. The summed E-state index contributed by atoms with van der Waals surface area (Å²) in [7, 11) is -2.40. The maximum Gasteiger partial charge on any atom is 0.270 e. The number of hydrogen-bond acceptors (Lipinski definition) is 6. The molecular formula is C11H13N5O4S. The molecule has 0 atom stereocenters. The molecule has 0 aliphatic rings. The third-order valence-electron chi connectivity index (χ3n) is 2.76. The number of benzene rings is 1. The molecule has 3 N–H and O–H groups in total. The third-order valence-corrected chi connectivity index (χ3v) is 4.18. The molecule has 0 aliphatic carbocycles. The lowest BCUT2D eigenvalue weighted by Crippen LogP contribution is -2.15. The minimum absolute atomic E-state index is 0.0744. The smallest absolute Gasteiger partial charge is 0.270 e. The molecule has 0 saturated carbocycles. The second-order valence-corrected chi connectivity index (χ2v) is 6.04. The summed E-state index contributed by atoms with van der Waals surface area (Å²) in [5.41, 5.74) is 5.94. The largest absolute Gasteiger partial charge is 0.398 e. The maximum absolute atomic E-state index is 12.3. The van der Waals surface area contributed by atoms with Crippen molar-refractivity contribution in [3.05, 3.63) is 40.2 Å². The number of hydrogen-bond donors (Lipinski definition) is 2. The Kier molecular flexibility index (Phi) is 3.56. The van der Waals surface area contributed by atoms with Crippen LogP contribution >= 0.6 is 0 Å². The van der Waals surface area contributed by atoms with Gasteiger partial charge >= 0.3 is 0 Å². The predicted molar refractivity (Wildman–Crippen MR) is 76.3 cm³/mol. The number of nitro benzene ring substituents is 1. The first kappa shape index (κ1) is 14.8. The number of nitrogens with two attached hydrogens (primary N) is 1. The van der Waals surface area contributed by atoms with Gasteiger partial charge in [0.2, 0.25) is 0 Å². The number of aryl methyl sites for hydroxylation is 2. The third kappa shape index (κ3) is 2.94. The summed E-state index contributed by atoms with van der Waals surface area (Å²) in [6, 6.07) is 3.25. The number of anilines is 2. The molecule has 0 bridgehead atoms. The molecule has 112 valence electrons. The van der Waals surface area contributed by atoms with Crippen molar-refractivity contribution < 1.29 is 13.3 Å². The van der Waals surface area contributed by atoms with E-state index in [1.807, 2.05) is 0 Å². The van der Waals surface area contributed by atoms with Crippen molar-refractivity contribution in [2.24, 2.45) is 7.05 Å². The summed E-state index contributed by atoms with van der Waals surface area (Å²) in [4.78, 5) is 9.71. The van der Waals surface area contributed by atoms with E-state index < -0.39 is 14.9 Å². The summed E-state index contributed by atoms with van der Waals surface area (Å²) in [6.07, 6.45) is 1.49. The fourth-order valence-electron chi connectivity index (χ4n) is 1.77. The van der Waals surface area contributed by atoms with Gasteiger partial charge in [0.25, 0.3) is 15.7 Å². The molecule has 0 amide bonds. The molecule has 1 aromatic heterocycles. The Morgan fingerprint density at radius 1 is 1.43 bits per heavy atom. The predicted octanol–water partition coefficient (Wildman–Crippen LogP) is 1.02. The number of rotatable bonds is 4. The van der Waals surface area contributed by atoms with Crippen LogP contribution in [0.3, 0.4) is 0 Å². The van der Waals surface area contributed by atoms with Crippen molar-refractivity contribution in [1.82, 2.24) is 9.78 Å². The SMILES string of the molecule is Cc1nn(C)cc1NS(=O)(=O)c1cc([N+](=O)[O-])ccc1N. The highest BCUT2D eigenvalue weighted by Gasteiger charge is 2.22. The second-order valence-electron chi connectivity index (χ2n) is 4.39. The van der Waals surface area contributed by atoms with E-state index in [9.17, 15) is 18.5 Å². The molecule has 0 fully saturated rings. The normalized spacial score (nSPS) is 11.3. The molecule has 21 heavy (non-hydrogen) atoms. The molecule has 10 heteroatoms. The van der Waals surface area contributed by atoms with Crippen LogP contribution < -0.4 is 10.5 Å². The minimum atomic E-state index is -4.04. The lowest BCUT2D eigenvalue weighted by Gasteiger charge is -2.09. The minimum Gasteiger partial charge on any atom is -0.398 e.